The fourth-order valence-corrected chi connectivity index (χ4v) is 3.73. The summed E-state index contributed by atoms with van der Waals surface area (Å²) in [5, 5.41) is 0. The second-order valence-electron chi connectivity index (χ2n) is 4.64. The van der Waals surface area contributed by atoms with Gasteiger partial charge in [0.2, 0.25) is 5.91 Å². The Morgan fingerprint density at radius 1 is 1.37 bits per heavy atom. The Kier molecular flexibility index (Phi) is 4.71. The Morgan fingerprint density at radius 3 is 2.47 bits per heavy atom. The zero-order valence-corrected chi connectivity index (χ0v) is 12.5. The van der Waals surface area contributed by atoms with E-state index in [4.69, 9.17) is 28.9 Å². The highest BCUT2D eigenvalue weighted by molar-refractivity contribution is 7.20. The fourth-order valence-electron chi connectivity index (χ4n) is 2.28. The highest BCUT2D eigenvalue weighted by atomic mass is 35.5. The van der Waals surface area contributed by atoms with Gasteiger partial charge in [0.05, 0.1) is 9.90 Å². The van der Waals surface area contributed by atoms with Gasteiger partial charge in [0, 0.05) is 19.5 Å². The predicted molar refractivity (Wildman–Crippen MR) is 76.8 cm³/mol. The number of likely N-dealkylation sites (tertiary alicyclic amines) is 1. The van der Waals surface area contributed by atoms with E-state index in [0.29, 0.717) is 33.7 Å². The van der Waals surface area contributed by atoms with Gasteiger partial charge in [-0.05, 0) is 24.8 Å². The van der Waals surface area contributed by atoms with E-state index >= 15 is 0 Å². The molecule has 2 N–H and O–H groups in total. The number of nitrogens with two attached hydrogens (primary N) is 1. The van der Waals surface area contributed by atoms with Crippen molar-refractivity contribution >= 4 is 46.4 Å². The van der Waals surface area contributed by atoms with Gasteiger partial charge in [-0.3, -0.25) is 9.59 Å². The van der Waals surface area contributed by atoms with Crippen LogP contribution in [-0.2, 0) is 4.79 Å². The molecule has 0 aromatic carbocycles. The third-order valence-electron chi connectivity index (χ3n) is 3.28. The molecule has 2 rings (SSSR count). The number of carbonyl (C=O) groups excluding carboxylic acids is 2. The third-order valence-corrected chi connectivity index (χ3v) is 4.77. The molecule has 7 heteroatoms. The zero-order chi connectivity index (χ0) is 14.0. The van der Waals surface area contributed by atoms with Crippen LogP contribution >= 0.6 is 34.5 Å². The summed E-state index contributed by atoms with van der Waals surface area (Å²) in [6.07, 6.45) is 1.99. The number of primary amides is 1. The molecule has 1 aliphatic rings. The number of hydrogen-bond donors (Lipinski definition) is 1. The van der Waals surface area contributed by atoms with E-state index < -0.39 is 0 Å². The SMILES string of the molecule is NC(=O)CC1CCN(C(=O)c2cc(Cl)sc2Cl)CC1. The minimum atomic E-state index is -0.280. The number of nitrogens with zero attached hydrogens (tertiary/aromatic N) is 1. The van der Waals surface area contributed by atoms with Crippen LogP contribution in [-0.4, -0.2) is 29.8 Å². The number of thiophene rings is 1. The highest BCUT2D eigenvalue weighted by Gasteiger charge is 2.26. The summed E-state index contributed by atoms with van der Waals surface area (Å²) in [6, 6.07) is 1.60. The van der Waals surface area contributed by atoms with Gasteiger partial charge in [-0.1, -0.05) is 23.2 Å². The maximum Gasteiger partial charge on any atom is 0.256 e. The molecule has 1 fully saturated rings. The molecule has 1 aromatic heterocycles. The minimum absolute atomic E-state index is 0.0920. The number of halogens is 2. The molecule has 0 spiro atoms. The van der Waals surface area contributed by atoms with Crippen molar-refractivity contribution in [3.05, 3.63) is 20.3 Å². The van der Waals surface area contributed by atoms with Gasteiger partial charge in [0.25, 0.3) is 5.91 Å². The lowest BCUT2D eigenvalue weighted by atomic mass is 9.93. The summed E-state index contributed by atoms with van der Waals surface area (Å²) in [7, 11) is 0. The van der Waals surface area contributed by atoms with E-state index in [0.717, 1.165) is 12.8 Å². The van der Waals surface area contributed by atoms with Crippen LogP contribution < -0.4 is 5.73 Å². The molecule has 0 saturated carbocycles. The van der Waals surface area contributed by atoms with Crippen molar-refractivity contribution in [2.75, 3.05) is 13.1 Å². The molecule has 0 unspecified atom stereocenters. The molecule has 2 heterocycles. The molecule has 1 aliphatic heterocycles. The van der Waals surface area contributed by atoms with Crippen molar-refractivity contribution in [1.82, 2.24) is 4.90 Å². The molecule has 19 heavy (non-hydrogen) atoms. The van der Waals surface area contributed by atoms with E-state index in [1.165, 1.54) is 11.3 Å². The van der Waals surface area contributed by atoms with Gasteiger partial charge in [-0.15, -0.1) is 11.3 Å². The molecular weight excluding hydrogens is 307 g/mol. The lowest BCUT2D eigenvalue weighted by Gasteiger charge is -2.31. The molecular formula is C12H14Cl2N2O2S. The maximum atomic E-state index is 12.3. The van der Waals surface area contributed by atoms with E-state index in [1.54, 1.807) is 11.0 Å². The number of rotatable bonds is 3. The summed E-state index contributed by atoms with van der Waals surface area (Å²) in [6.45, 7) is 1.25. The topological polar surface area (TPSA) is 63.4 Å². The summed E-state index contributed by atoms with van der Waals surface area (Å²) >= 11 is 13.0. The first-order valence-electron chi connectivity index (χ1n) is 5.99. The first-order chi connectivity index (χ1) is 8.97. The van der Waals surface area contributed by atoms with E-state index in [9.17, 15) is 9.59 Å². The van der Waals surface area contributed by atoms with Crippen LogP contribution in [0.1, 0.15) is 29.6 Å². The summed E-state index contributed by atoms with van der Waals surface area (Å²) < 4.78 is 0.936. The lowest BCUT2D eigenvalue weighted by Crippen LogP contribution is -2.39. The number of carbonyl (C=O) groups is 2. The van der Waals surface area contributed by atoms with E-state index in [2.05, 4.69) is 0 Å². The first-order valence-corrected chi connectivity index (χ1v) is 7.57. The quantitative estimate of drug-likeness (QED) is 0.930. The van der Waals surface area contributed by atoms with Gasteiger partial charge in [0.15, 0.2) is 0 Å². The number of hydrogen-bond acceptors (Lipinski definition) is 3. The van der Waals surface area contributed by atoms with Gasteiger partial charge < -0.3 is 10.6 Å². The standard InChI is InChI=1S/C12H14Cl2N2O2S/c13-9-6-8(11(14)19-9)12(18)16-3-1-7(2-4-16)5-10(15)17/h6-7H,1-5H2,(H2,15,17). The average Bonchev–Trinajstić information content (AvgIpc) is 2.68. The van der Waals surface area contributed by atoms with Crippen molar-refractivity contribution in [1.29, 1.82) is 0 Å². The minimum Gasteiger partial charge on any atom is -0.370 e. The Bertz CT molecular complexity index is 496. The van der Waals surface area contributed by atoms with Crippen LogP contribution in [0.3, 0.4) is 0 Å². The molecule has 4 nitrogen and oxygen atoms in total. The van der Waals surface area contributed by atoms with Crippen molar-refractivity contribution in [2.24, 2.45) is 11.7 Å². The van der Waals surface area contributed by atoms with Crippen LogP contribution in [0.2, 0.25) is 8.67 Å². The Morgan fingerprint density at radius 2 is 2.00 bits per heavy atom. The Hall–Kier alpha value is -0.780. The zero-order valence-electron chi connectivity index (χ0n) is 10.2. The van der Waals surface area contributed by atoms with Crippen LogP contribution in [0.4, 0.5) is 0 Å². The predicted octanol–water partition coefficient (Wildman–Crippen LogP) is 2.78. The monoisotopic (exact) mass is 320 g/mol. The smallest absolute Gasteiger partial charge is 0.256 e. The fraction of sp³-hybridized carbons (Fsp3) is 0.500. The molecule has 2 amide bonds. The molecule has 0 atom stereocenters. The van der Waals surface area contributed by atoms with Crippen molar-refractivity contribution in [3.63, 3.8) is 0 Å². The molecule has 104 valence electrons. The second-order valence-corrected chi connectivity index (χ2v) is 6.93. The Labute approximate surface area is 125 Å². The van der Waals surface area contributed by atoms with Crippen LogP contribution in [0.5, 0.6) is 0 Å². The van der Waals surface area contributed by atoms with Crippen molar-refractivity contribution < 1.29 is 9.59 Å². The van der Waals surface area contributed by atoms with Gasteiger partial charge in [-0.2, -0.15) is 0 Å². The van der Waals surface area contributed by atoms with Crippen LogP contribution in [0, 0.1) is 5.92 Å². The van der Waals surface area contributed by atoms with Crippen molar-refractivity contribution in [2.45, 2.75) is 19.3 Å². The first kappa shape index (κ1) is 14.6. The lowest BCUT2D eigenvalue weighted by molar-refractivity contribution is -0.119. The van der Waals surface area contributed by atoms with Crippen LogP contribution in [0.25, 0.3) is 0 Å². The number of piperidine rings is 1. The Balaban J connectivity index is 1.96. The van der Waals surface area contributed by atoms with Gasteiger partial charge >= 0.3 is 0 Å². The molecule has 0 radical (unpaired) electrons. The van der Waals surface area contributed by atoms with E-state index in [1.807, 2.05) is 0 Å². The molecule has 0 bridgehead atoms. The summed E-state index contributed by atoms with van der Waals surface area (Å²) in [5.41, 5.74) is 5.64. The van der Waals surface area contributed by atoms with Crippen molar-refractivity contribution in [3.8, 4) is 0 Å². The van der Waals surface area contributed by atoms with Gasteiger partial charge in [0.1, 0.15) is 4.34 Å². The summed E-state index contributed by atoms with van der Waals surface area (Å²) in [4.78, 5) is 24.9. The third kappa shape index (κ3) is 3.61. The highest BCUT2D eigenvalue weighted by Crippen LogP contribution is 2.32. The second kappa shape index (κ2) is 6.11. The average molecular weight is 321 g/mol. The largest absolute Gasteiger partial charge is 0.370 e. The van der Waals surface area contributed by atoms with Crippen LogP contribution in [0.15, 0.2) is 6.07 Å². The molecule has 0 aliphatic carbocycles. The summed E-state index contributed by atoms with van der Waals surface area (Å²) in [5.74, 6) is -0.0915. The van der Waals surface area contributed by atoms with E-state index in [-0.39, 0.29) is 17.7 Å². The van der Waals surface area contributed by atoms with Gasteiger partial charge in [-0.25, -0.2) is 0 Å². The molecule has 1 aromatic rings. The normalized spacial score (nSPS) is 16.6. The number of amides is 2. The molecule has 1 saturated heterocycles. The maximum absolute atomic E-state index is 12.3.